The molecule has 3 amide bonds. The summed E-state index contributed by atoms with van der Waals surface area (Å²) in [6.45, 7) is 8.68. The molecule has 0 bridgehead atoms. The fraction of sp³-hybridized carbons (Fsp3) is 0.857. The Labute approximate surface area is 115 Å². The molecule has 0 heterocycles. The number of imide groups is 1. The predicted octanol–water partition coefficient (Wildman–Crippen LogP) is 1.63. The number of hydrogen-bond acceptors (Lipinski definition) is 3. The smallest absolute Gasteiger partial charge is 0.321 e. The molecule has 4 atom stereocenters. The molecule has 1 rings (SSSR count). The van der Waals surface area contributed by atoms with Crippen molar-refractivity contribution >= 4 is 11.9 Å². The van der Waals surface area contributed by atoms with Gasteiger partial charge in [-0.15, -0.1) is 0 Å². The van der Waals surface area contributed by atoms with Crippen LogP contribution in [0.25, 0.3) is 0 Å². The molecule has 1 saturated carbocycles. The Balaban J connectivity index is 2.35. The van der Waals surface area contributed by atoms with E-state index in [2.05, 4.69) is 29.8 Å². The molecule has 0 aromatic heterocycles. The van der Waals surface area contributed by atoms with E-state index in [1.54, 1.807) is 6.92 Å². The molecule has 1 aliphatic rings. The molecule has 1 aliphatic carbocycles. The van der Waals surface area contributed by atoms with Crippen molar-refractivity contribution in [2.75, 3.05) is 6.54 Å². The monoisotopic (exact) mass is 269 g/mol. The van der Waals surface area contributed by atoms with E-state index < -0.39 is 6.03 Å². The maximum Gasteiger partial charge on any atom is 0.321 e. The van der Waals surface area contributed by atoms with Crippen LogP contribution in [0.4, 0.5) is 4.79 Å². The van der Waals surface area contributed by atoms with Gasteiger partial charge < -0.3 is 10.6 Å². The Morgan fingerprint density at radius 3 is 2.47 bits per heavy atom. The Kier molecular flexibility index (Phi) is 6.28. The molecular weight excluding hydrogens is 242 g/mol. The van der Waals surface area contributed by atoms with Crippen molar-refractivity contribution < 1.29 is 9.59 Å². The average Bonchev–Trinajstić information content (AvgIpc) is 2.34. The summed E-state index contributed by atoms with van der Waals surface area (Å²) >= 11 is 0. The molecule has 5 nitrogen and oxygen atoms in total. The molecule has 1 fully saturated rings. The summed E-state index contributed by atoms with van der Waals surface area (Å²) in [5.74, 6) is 1.18. The van der Waals surface area contributed by atoms with Crippen molar-refractivity contribution in [1.82, 2.24) is 16.0 Å². The number of carbonyl (C=O) groups excluding carboxylic acids is 2. The van der Waals surface area contributed by atoms with Crippen molar-refractivity contribution in [3.05, 3.63) is 0 Å². The molecule has 0 radical (unpaired) electrons. The highest BCUT2D eigenvalue weighted by molar-refractivity contribution is 5.96. The molecular formula is C14H27N3O2. The van der Waals surface area contributed by atoms with Gasteiger partial charge >= 0.3 is 6.03 Å². The van der Waals surface area contributed by atoms with Crippen LogP contribution < -0.4 is 16.0 Å². The molecule has 0 aromatic rings. The minimum Gasteiger partial charge on any atom is -0.338 e. The third-order valence-electron chi connectivity index (χ3n) is 4.05. The minimum atomic E-state index is -0.424. The Morgan fingerprint density at radius 1 is 1.21 bits per heavy atom. The lowest BCUT2D eigenvalue weighted by atomic mass is 9.79. The van der Waals surface area contributed by atoms with Crippen LogP contribution in [0.2, 0.25) is 0 Å². The summed E-state index contributed by atoms with van der Waals surface area (Å²) in [5, 5.41) is 8.21. The summed E-state index contributed by atoms with van der Waals surface area (Å²) in [6, 6.07) is -0.388. The van der Waals surface area contributed by atoms with Crippen molar-refractivity contribution in [2.45, 2.75) is 59.0 Å². The summed E-state index contributed by atoms with van der Waals surface area (Å²) in [4.78, 5) is 23.1. The van der Waals surface area contributed by atoms with Crippen LogP contribution in [0.1, 0.15) is 47.0 Å². The minimum absolute atomic E-state index is 0.266. The number of amides is 3. The zero-order chi connectivity index (χ0) is 14.4. The third-order valence-corrected chi connectivity index (χ3v) is 4.05. The second-order valence-corrected chi connectivity index (χ2v) is 5.70. The molecule has 19 heavy (non-hydrogen) atoms. The first-order valence-electron chi connectivity index (χ1n) is 7.28. The largest absolute Gasteiger partial charge is 0.338 e. The highest BCUT2D eigenvalue weighted by Gasteiger charge is 2.27. The van der Waals surface area contributed by atoms with Gasteiger partial charge in [-0.25, -0.2) is 4.79 Å². The van der Waals surface area contributed by atoms with Gasteiger partial charge in [0.25, 0.3) is 0 Å². The van der Waals surface area contributed by atoms with E-state index in [9.17, 15) is 9.59 Å². The van der Waals surface area contributed by atoms with E-state index in [4.69, 9.17) is 0 Å². The lowest BCUT2D eigenvalue weighted by Crippen LogP contribution is -2.51. The van der Waals surface area contributed by atoms with Crippen molar-refractivity contribution in [2.24, 2.45) is 11.8 Å². The second-order valence-electron chi connectivity index (χ2n) is 5.70. The highest BCUT2D eigenvalue weighted by atomic mass is 16.2. The predicted molar refractivity (Wildman–Crippen MR) is 75.8 cm³/mol. The maximum absolute atomic E-state index is 11.8. The first-order valence-corrected chi connectivity index (χ1v) is 7.28. The number of hydrogen-bond donors (Lipinski definition) is 3. The fourth-order valence-electron chi connectivity index (χ4n) is 2.55. The molecule has 0 aromatic carbocycles. The fourth-order valence-corrected chi connectivity index (χ4v) is 2.55. The standard InChI is InChI=1S/C14H27N3O2/c1-5-15-14(19)17-13(18)11(4)16-12-7-6-9(2)10(3)8-12/h9-12,16H,5-8H2,1-4H3,(H2,15,17,18,19). The van der Waals surface area contributed by atoms with E-state index in [1.807, 2.05) is 6.92 Å². The zero-order valence-electron chi connectivity index (χ0n) is 12.5. The van der Waals surface area contributed by atoms with E-state index in [0.29, 0.717) is 18.5 Å². The Morgan fingerprint density at radius 2 is 1.89 bits per heavy atom. The van der Waals surface area contributed by atoms with Crippen LogP contribution in [-0.2, 0) is 4.79 Å². The molecule has 5 heteroatoms. The van der Waals surface area contributed by atoms with Crippen molar-refractivity contribution in [3.63, 3.8) is 0 Å². The van der Waals surface area contributed by atoms with Crippen molar-refractivity contribution in [3.8, 4) is 0 Å². The number of urea groups is 1. The quantitative estimate of drug-likeness (QED) is 0.726. The van der Waals surface area contributed by atoms with Crippen LogP contribution >= 0.6 is 0 Å². The number of carbonyl (C=O) groups is 2. The van der Waals surface area contributed by atoms with Gasteiger partial charge in [0, 0.05) is 12.6 Å². The van der Waals surface area contributed by atoms with Gasteiger partial charge in [0.05, 0.1) is 6.04 Å². The Hall–Kier alpha value is -1.10. The van der Waals surface area contributed by atoms with Gasteiger partial charge in [0.15, 0.2) is 0 Å². The van der Waals surface area contributed by atoms with Gasteiger partial charge in [-0.1, -0.05) is 13.8 Å². The summed E-state index contributed by atoms with van der Waals surface area (Å²) in [6.07, 6.45) is 3.40. The van der Waals surface area contributed by atoms with Crippen LogP contribution in [0.5, 0.6) is 0 Å². The normalized spacial score (nSPS) is 28.5. The lowest BCUT2D eigenvalue weighted by molar-refractivity contribution is -0.121. The van der Waals surface area contributed by atoms with Gasteiger partial charge in [-0.3, -0.25) is 10.1 Å². The molecule has 0 spiro atoms. The third kappa shape index (κ3) is 5.19. The van der Waals surface area contributed by atoms with E-state index >= 15 is 0 Å². The molecule has 0 saturated heterocycles. The summed E-state index contributed by atoms with van der Waals surface area (Å²) < 4.78 is 0. The number of rotatable bonds is 4. The van der Waals surface area contributed by atoms with Gasteiger partial charge in [-0.2, -0.15) is 0 Å². The van der Waals surface area contributed by atoms with Crippen LogP contribution in [0, 0.1) is 11.8 Å². The van der Waals surface area contributed by atoms with Gasteiger partial charge in [0.2, 0.25) is 5.91 Å². The topological polar surface area (TPSA) is 70.2 Å². The van der Waals surface area contributed by atoms with E-state index in [0.717, 1.165) is 18.8 Å². The van der Waals surface area contributed by atoms with Crippen LogP contribution in [-0.4, -0.2) is 30.6 Å². The van der Waals surface area contributed by atoms with Crippen LogP contribution in [0.15, 0.2) is 0 Å². The average molecular weight is 269 g/mol. The molecule has 4 unspecified atom stereocenters. The second kappa shape index (κ2) is 7.48. The SMILES string of the molecule is CCNC(=O)NC(=O)C(C)NC1CCC(C)C(C)C1. The van der Waals surface area contributed by atoms with Gasteiger partial charge in [0.1, 0.15) is 0 Å². The molecule has 110 valence electrons. The highest BCUT2D eigenvalue weighted by Crippen LogP contribution is 2.29. The van der Waals surface area contributed by atoms with E-state index in [1.165, 1.54) is 6.42 Å². The van der Waals surface area contributed by atoms with Crippen molar-refractivity contribution in [1.29, 1.82) is 0 Å². The van der Waals surface area contributed by atoms with Gasteiger partial charge in [-0.05, 0) is 44.9 Å². The zero-order valence-corrected chi connectivity index (χ0v) is 12.5. The first kappa shape index (κ1) is 16.0. The summed E-state index contributed by atoms with van der Waals surface area (Å²) in [7, 11) is 0. The van der Waals surface area contributed by atoms with Crippen LogP contribution in [0.3, 0.4) is 0 Å². The molecule has 0 aliphatic heterocycles. The lowest BCUT2D eigenvalue weighted by Gasteiger charge is -2.34. The maximum atomic E-state index is 11.8. The Bertz CT molecular complexity index is 320. The number of nitrogens with one attached hydrogen (secondary N) is 3. The first-order chi connectivity index (χ1) is 8.93. The van der Waals surface area contributed by atoms with E-state index in [-0.39, 0.29) is 11.9 Å². The summed E-state index contributed by atoms with van der Waals surface area (Å²) in [5.41, 5.74) is 0. The molecule has 3 N–H and O–H groups in total.